The molecule has 0 radical (unpaired) electrons. The summed E-state index contributed by atoms with van der Waals surface area (Å²) in [4.78, 5) is 43.7. The second-order valence-corrected chi connectivity index (χ2v) is 9.14. The Morgan fingerprint density at radius 1 is 0.814 bits per heavy atom. The summed E-state index contributed by atoms with van der Waals surface area (Å²) < 4.78 is 34.8. The molecule has 0 bridgehead atoms. The molecule has 1 fully saturated rings. The average Bonchev–Trinajstić information content (AvgIpc) is 3.52. The Balaban J connectivity index is 1.07. The van der Waals surface area contributed by atoms with E-state index < -0.39 is 17.8 Å². The Labute approximate surface area is 250 Å². The van der Waals surface area contributed by atoms with E-state index in [9.17, 15) is 14.4 Å². The number of nitrogens with one attached hydrogen (secondary N) is 1. The molecule has 0 saturated carbocycles. The van der Waals surface area contributed by atoms with Crippen LogP contribution < -0.4 is 5.32 Å². The number of nitrogens with zero attached hydrogens (tertiary/aromatic N) is 3. The lowest BCUT2D eigenvalue weighted by Gasteiger charge is -2.12. The number of fused-ring (bicyclic) bond motifs is 1. The molecular formula is C29H40N4O10. The van der Waals surface area contributed by atoms with E-state index in [1.54, 1.807) is 0 Å². The maximum absolute atomic E-state index is 11.6. The molecule has 0 spiro atoms. The molecule has 1 N–H and O–H groups in total. The number of hydroxylamine groups is 2. The third-order valence-electron chi connectivity index (χ3n) is 5.98. The van der Waals surface area contributed by atoms with Crippen LogP contribution in [0.15, 0.2) is 24.3 Å². The summed E-state index contributed by atoms with van der Waals surface area (Å²) in [5.74, 6) is 1.61. The lowest BCUT2D eigenvalue weighted by atomic mass is 10.3. The first-order chi connectivity index (χ1) is 21.1. The van der Waals surface area contributed by atoms with Gasteiger partial charge in [0.15, 0.2) is 0 Å². The van der Waals surface area contributed by atoms with Crippen LogP contribution in [0, 0.1) is 12.3 Å². The lowest BCUT2D eigenvalue weighted by molar-refractivity contribution is -0.200. The van der Waals surface area contributed by atoms with E-state index in [0.717, 1.165) is 16.9 Å². The molecule has 2 heterocycles. The zero-order chi connectivity index (χ0) is 30.5. The predicted octanol–water partition coefficient (Wildman–Crippen LogP) is 0.466. The van der Waals surface area contributed by atoms with Gasteiger partial charge in [0, 0.05) is 19.4 Å². The fraction of sp³-hybridized carbons (Fsp3) is 0.586. The van der Waals surface area contributed by atoms with Gasteiger partial charge in [0.1, 0.15) is 12.4 Å². The van der Waals surface area contributed by atoms with Crippen LogP contribution in [0.25, 0.3) is 11.0 Å². The van der Waals surface area contributed by atoms with Gasteiger partial charge in [-0.3, -0.25) is 14.9 Å². The van der Waals surface area contributed by atoms with E-state index in [4.69, 9.17) is 39.8 Å². The van der Waals surface area contributed by atoms with Gasteiger partial charge >= 0.3 is 5.97 Å². The van der Waals surface area contributed by atoms with Gasteiger partial charge in [-0.25, -0.2) is 9.78 Å². The highest BCUT2D eigenvalue weighted by molar-refractivity contribution is 6.01. The third kappa shape index (κ3) is 12.8. The van der Waals surface area contributed by atoms with E-state index in [2.05, 4.69) is 20.6 Å². The first-order valence-electron chi connectivity index (χ1n) is 14.2. The van der Waals surface area contributed by atoms with E-state index in [1.165, 1.54) is 0 Å². The molecule has 14 nitrogen and oxygen atoms in total. The summed E-state index contributed by atoms with van der Waals surface area (Å²) >= 11 is 0. The largest absolute Gasteiger partial charge is 0.377 e. The Kier molecular flexibility index (Phi) is 16.2. The van der Waals surface area contributed by atoms with Gasteiger partial charge in [0.25, 0.3) is 11.8 Å². The summed E-state index contributed by atoms with van der Waals surface area (Å²) in [6.07, 6.45) is 5.41. The van der Waals surface area contributed by atoms with Crippen LogP contribution in [-0.4, -0.2) is 118 Å². The fourth-order valence-electron chi connectivity index (χ4n) is 3.95. The van der Waals surface area contributed by atoms with Gasteiger partial charge in [-0.15, -0.1) is 11.5 Å². The number of carbonyl (C=O) groups excluding carboxylic acids is 3. The predicted molar refractivity (Wildman–Crippen MR) is 152 cm³/mol. The second kappa shape index (κ2) is 20.5. The van der Waals surface area contributed by atoms with Crippen LogP contribution in [0.5, 0.6) is 0 Å². The highest BCUT2D eigenvalue weighted by Crippen LogP contribution is 2.16. The maximum Gasteiger partial charge on any atom is 0.358 e. The van der Waals surface area contributed by atoms with Crippen molar-refractivity contribution in [1.29, 1.82) is 0 Å². The molecule has 1 aromatic carbocycles. The number of ether oxygens (including phenoxy) is 6. The van der Waals surface area contributed by atoms with Gasteiger partial charge in [0.05, 0.1) is 96.8 Å². The van der Waals surface area contributed by atoms with Crippen molar-refractivity contribution in [2.75, 3.05) is 85.8 Å². The number of terminal acetylenes is 1. The fourth-order valence-corrected chi connectivity index (χ4v) is 3.95. The van der Waals surface area contributed by atoms with E-state index >= 15 is 0 Å². The quantitative estimate of drug-likeness (QED) is 0.101. The van der Waals surface area contributed by atoms with Gasteiger partial charge in [-0.2, -0.15) is 0 Å². The molecule has 43 heavy (non-hydrogen) atoms. The van der Waals surface area contributed by atoms with Crippen LogP contribution in [0.4, 0.5) is 0 Å². The SMILES string of the molecule is C#CCNCc1nc2ccccc2n1CCOCCOCCOCCOCCOCCOCC(=O)ON1C(=O)CCC1=O. The number of para-hydroxylation sites is 2. The van der Waals surface area contributed by atoms with Gasteiger partial charge in [0.2, 0.25) is 0 Å². The Morgan fingerprint density at radius 3 is 1.93 bits per heavy atom. The highest BCUT2D eigenvalue weighted by Gasteiger charge is 2.32. The van der Waals surface area contributed by atoms with Crippen molar-refractivity contribution in [3.8, 4) is 12.3 Å². The Hall–Kier alpha value is -3.42. The summed E-state index contributed by atoms with van der Waals surface area (Å²) in [6.45, 7) is 5.78. The minimum absolute atomic E-state index is 0.0437. The van der Waals surface area contributed by atoms with Gasteiger partial charge in [-0.1, -0.05) is 18.1 Å². The summed E-state index contributed by atoms with van der Waals surface area (Å²) in [7, 11) is 0. The summed E-state index contributed by atoms with van der Waals surface area (Å²) in [6, 6.07) is 8.01. The molecule has 0 atom stereocenters. The normalized spacial score (nSPS) is 13.2. The molecular weight excluding hydrogens is 564 g/mol. The molecule has 1 aromatic heterocycles. The van der Waals surface area contributed by atoms with Crippen LogP contribution in [0.3, 0.4) is 0 Å². The number of imide groups is 1. The molecule has 3 rings (SSSR count). The molecule has 2 amide bonds. The van der Waals surface area contributed by atoms with Crippen LogP contribution in [-0.2, 0) is 60.7 Å². The molecule has 2 aromatic rings. The Morgan fingerprint density at radius 2 is 1.35 bits per heavy atom. The van der Waals surface area contributed by atoms with Crippen molar-refractivity contribution in [1.82, 2.24) is 19.9 Å². The zero-order valence-electron chi connectivity index (χ0n) is 24.3. The smallest absolute Gasteiger partial charge is 0.358 e. The highest BCUT2D eigenvalue weighted by atomic mass is 16.7. The molecule has 14 heteroatoms. The monoisotopic (exact) mass is 604 g/mol. The number of aromatic nitrogens is 2. The number of carbonyl (C=O) groups is 3. The van der Waals surface area contributed by atoms with Crippen molar-refractivity contribution >= 4 is 28.8 Å². The van der Waals surface area contributed by atoms with Crippen LogP contribution in [0.1, 0.15) is 18.7 Å². The number of hydrogen-bond acceptors (Lipinski definition) is 12. The van der Waals surface area contributed by atoms with Crippen molar-refractivity contribution in [3.63, 3.8) is 0 Å². The molecule has 1 aliphatic rings. The standard InChI is InChI=1S/C29H40N4O10/c1-2-9-30-22-26-31-24-5-3-4-6-25(24)32(26)10-11-37-12-13-38-14-15-39-16-17-40-18-19-41-20-21-42-23-29(36)43-33-27(34)7-8-28(33)35/h1,3-6,30H,7-23H2. The lowest BCUT2D eigenvalue weighted by Crippen LogP contribution is -2.33. The zero-order valence-corrected chi connectivity index (χ0v) is 24.3. The minimum atomic E-state index is -0.818. The number of benzene rings is 1. The molecule has 0 unspecified atom stereocenters. The number of rotatable bonds is 24. The van der Waals surface area contributed by atoms with E-state index in [1.807, 2.05) is 24.3 Å². The molecule has 0 aliphatic carbocycles. The van der Waals surface area contributed by atoms with Crippen LogP contribution >= 0.6 is 0 Å². The molecule has 236 valence electrons. The van der Waals surface area contributed by atoms with Gasteiger partial charge < -0.3 is 37.8 Å². The average molecular weight is 605 g/mol. The third-order valence-corrected chi connectivity index (χ3v) is 5.98. The molecule has 1 saturated heterocycles. The van der Waals surface area contributed by atoms with E-state index in [0.29, 0.717) is 84.2 Å². The number of amides is 2. The first-order valence-corrected chi connectivity index (χ1v) is 14.2. The van der Waals surface area contributed by atoms with Crippen molar-refractivity contribution in [3.05, 3.63) is 30.1 Å². The maximum atomic E-state index is 11.6. The minimum Gasteiger partial charge on any atom is -0.377 e. The van der Waals surface area contributed by atoms with Gasteiger partial charge in [-0.05, 0) is 12.1 Å². The first kappa shape index (κ1) is 34.1. The van der Waals surface area contributed by atoms with E-state index in [-0.39, 0.29) is 32.7 Å². The Bertz CT molecular complexity index is 1170. The second-order valence-electron chi connectivity index (χ2n) is 9.14. The van der Waals surface area contributed by atoms with Crippen molar-refractivity contribution in [2.24, 2.45) is 0 Å². The number of hydrogen-bond donors (Lipinski definition) is 1. The topological polar surface area (TPSA) is 149 Å². The van der Waals surface area contributed by atoms with Crippen molar-refractivity contribution < 1.29 is 47.6 Å². The number of imidazole rings is 1. The van der Waals surface area contributed by atoms with Crippen LogP contribution in [0.2, 0.25) is 0 Å². The van der Waals surface area contributed by atoms with Crippen molar-refractivity contribution in [2.45, 2.75) is 25.9 Å². The summed E-state index contributed by atoms with van der Waals surface area (Å²) in [5.41, 5.74) is 2.01. The summed E-state index contributed by atoms with van der Waals surface area (Å²) in [5, 5.41) is 3.67. The molecule has 1 aliphatic heterocycles.